The number of ether oxygens (including phenoxy) is 1. The molecule has 0 aliphatic carbocycles. The zero-order valence-electron chi connectivity index (χ0n) is 17.8. The van der Waals surface area contributed by atoms with Crippen molar-refractivity contribution in [1.29, 1.82) is 0 Å². The van der Waals surface area contributed by atoms with E-state index in [0.717, 1.165) is 22.8 Å². The van der Waals surface area contributed by atoms with Crippen LogP contribution in [0.1, 0.15) is 11.1 Å². The normalized spacial score (nSPS) is 15.3. The molecule has 0 spiro atoms. The van der Waals surface area contributed by atoms with Gasteiger partial charge in [-0.25, -0.2) is 9.98 Å². The Hall–Kier alpha value is -4.00. The number of rotatable bonds is 5. The molecule has 3 aromatic rings. The minimum absolute atomic E-state index is 0.490. The second-order valence-corrected chi connectivity index (χ2v) is 7.32. The Morgan fingerprint density at radius 2 is 1.32 bits per heavy atom. The first-order chi connectivity index (χ1) is 15.1. The standard InChI is InChI=1S/C24H26N6O/c1-16-6-4-8-19(14-16)26-23-28-22(25-18-10-12-21(31-3)13-11-18)29-24(30-23)27-20-9-5-7-17(2)15-20/h4-15,23,26H,1-3H3,(H3,25,27,28,29,30). The lowest BCUT2D eigenvalue weighted by molar-refractivity contribution is 0.415. The Morgan fingerprint density at radius 3 is 1.94 bits per heavy atom. The smallest absolute Gasteiger partial charge is 0.221 e. The third kappa shape index (κ3) is 5.54. The van der Waals surface area contributed by atoms with Gasteiger partial charge in [0, 0.05) is 17.1 Å². The van der Waals surface area contributed by atoms with Crippen molar-refractivity contribution >= 4 is 29.0 Å². The number of nitrogens with one attached hydrogen (secondary N) is 4. The van der Waals surface area contributed by atoms with Crippen LogP contribution in [0.3, 0.4) is 0 Å². The molecular formula is C24H26N6O. The van der Waals surface area contributed by atoms with Gasteiger partial charge in [-0.3, -0.25) is 5.32 Å². The number of aliphatic imine (C=N–C) groups is 2. The first-order valence-corrected chi connectivity index (χ1v) is 10.1. The van der Waals surface area contributed by atoms with Gasteiger partial charge >= 0.3 is 0 Å². The van der Waals surface area contributed by atoms with Crippen molar-refractivity contribution in [2.24, 2.45) is 9.98 Å². The van der Waals surface area contributed by atoms with E-state index in [1.807, 2.05) is 48.5 Å². The molecule has 0 aromatic heterocycles. The van der Waals surface area contributed by atoms with Crippen LogP contribution in [-0.2, 0) is 0 Å². The SMILES string of the molecule is COc1ccc(NC2=NC(Nc3cccc(C)c3)N=C(Nc3cccc(C)c3)N2)cc1. The van der Waals surface area contributed by atoms with Crippen LogP contribution in [-0.4, -0.2) is 25.3 Å². The van der Waals surface area contributed by atoms with Crippen LogP contribution in [0.5, 0.6) is 5.75 Å². The molecule has 4 N–H and O–H groups in total. The predicted molar refractivity (Wildman–Crippen MR) is 128 cm³/mol. The molecule has 0 amide bonds. The maximum atomic E-state index is 5.23. The zero-order valence-corrected chi connectivity index (χ0v) is 17.8. The van der Waals surface area contributed by atoms with Gasteiger partial charge in [0.15, 0.2) is 0 Å². The van der Waals surface area contributed by atoms with Crippen LogP contribution in [0, 0.1) is 13.8 Å². The van der Waals surface area contributed by atoms with Crippen molar-refractivity contribution in [3.8, 4) is 5.75 Å². The van der Waals surface area contributed by atoms with Gasteiger partial charge in [0.05, 0.1) is 7.11 Å². The number of methoxy groups -OCH3 is 1. The number of benzene rings is 3. The van der Waals surface area contributed by atoms with E-state index in [1.54, 1.807) is 7.11 Å². The summed E-state index contributed by atoms with van der Waals surface area (Å²) in [6.45, 7) is 4.11. The van der Waals surface area contributed by atoms with Crippen molar-refractivity contribution in [3.05, 3.63) is 83.9 Å². The Labute approximate surface area is 182 Å². The van der Waals surface area contributed by atoms with Gasteiger partial charge in [0.25, 0.3) is 0 Å². The van der Waals surface area contributed by atoms with E-state index in [1.165, 1.54) is 11.1 Å². The molecule has 1 aliphatic heterocycles. The molecule has 7 nitrogen and oxygen atoms in total. The van der Waals surface area contributed by atoms with Gasteiger partial charge < -0.3 is 20.7 Å². The largest absolute Gasteiger partial charge is 0.497 e. The van der Waals surface area contributed by atoms with E-state index in [-0.39, 0.29) is 0 Å². The van der Waals surface area contributed by atoms with Crippen molar-refractivity contribution in [2.45, 2.75) is 20.1 Å². The molecule has 0 radical (unpaired) electrons. The second kappa shape index (κ2) is 9.21. The number of anilines is 3. The third-order valence-electron chi connectivity index (χ3n) is 4.69. The van der Waals surface area contributed by atoms with E-state index in [0.29, 0.717) is 11.9 Å². The molecule has 31 heavy (non-hydrogen) atoms. The lowest BCUT2D eigenvalue weighted by Gasteiger charge is -2.24. The molecule has 0 saturated heterocycles. The summed E-state index contributed by atoms with van der Waals surface area (Å²) in [4.78, 5) is 9.37. The van der Waals surface area contributed by atoms with Gasteiger partial charge in [0.2, 0.25) is 18.2 Å². The van der Waals surface area contributed by atoms with E-state index in [4.69, 9.17) is 4.74 Å². The van der Waals surface area contributed by atoms with Crippen LogP contribution in [0.15, 0.2) is 82.8 Å². The summed E-state index contributed by atoms with van der Waals surface area (Å²) in [5, 5.41) is 13.2. The number of guanidine groups is 2. The molecule has 1 unspecified atom stereocenters. The average molecular weight is 415 g/mol. The van der Waals surface area contributed by atoms with Crippen molar-refractivity contribution in [3.63, 3.8) is 0 Å². The Kier molecular flexibility index (Phi) is 6.03. The summed E-state index contributed by atoms with van der Waals surface area (Å²) in [7, 11) is 1.65. The van der Waals surface area contributed by atoms with Crippen LogP contribution in [0.2, 0.25) is 0 Å². The van der Waals surface area contributed by atoms with E-state index >= 15 is 0 Å². The highest BCUT2D eigenvalue weighted by atomic mass is 16.5. The number of nitrogens with zero attached hydrogens (tertiary/aromatic N) is 2. The topological polar surface area (TPSA) is 82.1 Å². The number of aryl methyl sites for hydroxylation is 2. The quantitative estimate of drug-likeness (QED) is 0.493. The average Bonchev–Trinajstić information content (AvgIpc) is 2.74. The Balaban J connectivity index is 1.56. The summed E-state index contributed by atoms with van der Waals surface area (Å²) < 4.78 is 5.23. The highest BCUT2D eigenvalue weighted by Gasteiger charge is 2.17. The second-order valence-electron chi connectivity index (χ2n) is 7.32. The molecule has 7 heteroatoms. The molecule has 0 bridgehead atoms. The highest BCUT2D eigenvalue weighted by molar-refractivity contribution is 6.10. The molecule has 4 rings (SSSR count). The molecule has 1 aliphatic rings. The lowest BCUT2D eigenvalue weighted by atomic mass is 10.2. The fourth-order valence-corrected chi connectivity index (χ4v) is 3.20. The van der Waals surface area contributed by atoms with Gasteiger partial charge in [-0.2, -0.15) is 0 Å². The van der Waals surface area contributed by atoms with Crippen molar-refractivity contribution in [1.82, 2.24) is 5.32 Å². The summed E-state index contributed by atoms with van der Waals surface area (Å²) in [5.41, 5.74) is 5.13. The minimum Gasteiger partial charge on any atom is -0.497 e. The van der Waals surface area contributed by atoms with Gasteiger partial charge in [-0.1, -0.05) is 24.3 Å². The maximum absolute atomic E-state index is 5.23. The predicted octanol–water partition coefficient (Wildman–Crippen LogP) is 4.55. The lowest BCUT2D eigenvalue weighted by Crippen LogP contribution is -2.45. The monoisotopic (exact) mass is 414 g/mol. The summed E-state index contributed by atoms with van der Waals surface area (Å²) in [6, 6.07) is 23.9. The van der Waals surface area contributed by atoms with E-state index < -0.39 is 6.29 Å². The van der Waals surface area contributed by atoms with Gasteiger partial charge in [-0.05, 0) is 73.5 Å². The molecule has 1 heterocycles. The Bertz CT molecular complexity index is 1110. The highest BCUT2D eigenvalue weighted by Crippen LogP contribution is 2.17. The molecular weight excluding hydrogens is 388 g/mol. The first-order valence-electron chi connectivity index (χ1n) is 10.1. The van der Waals surface area contributed by atoms with E-state index in [2.05, 4.69) is 69.4 Å². The number of hydrogen-bond donors (Lipinski definition) is 4. The van der Waals surface area contributed by atoms with Crippen molar-refractivity contribution in [2.75, 3.05) is 23.1 Å². The van der Waals surface area contributed by atoms with E-state index in [9.17, 15) is 0 Å². The summed E-state index contributed by atoms with van der Waals surface area (Å²) >= 11 is 0. The third-order valence-corrected chi connectivity index (χ3v) is 4.69. The summed E-state index contributed by atoms with van der Waals surface area (Å²) in [6.07, 6.45) is -0.490. The molecule has 158 valence electrons. The van der Waals surface area contributed by atoms with Crippen LogP contribution >= 0.6 is 0 Å². The van der Waals surface area contributed by atoms with Gasteiger partial charge in [0.1, 0.15) is 5.75 Å². The summed E-state index contributed by atoms with van der Waals surface area (Å²) in [5.74, 6) is 1.98. The minimum atomic E-state index is -0.490. The fourth-order valence-electron chi connectivity index (χ4n) is 3.20. The Morgan fingerprint density at radius 1 is 0.742 bits per heavy atom. The van der Waals surface area contributed by atoms with Crippen LogP contribution < -0.4 is 26.0 Å². The number of hydrogen-bond acceptors (Lipinski definition) is 7. The molecule has 0 fully saturated rings. The molecule has 0 saturated carbocycles. The van der Waals surface area contributed by atoms with Crippen LogP contribution in [0.4, 0.5) is 17.1 Å². The first kappa shape index (κ1) is 20.3. The maximum Gasteiger partial charge on any atom is 0.221 e. The fraction of sp³-hybridized carbons (Fsp3) is 0.167. The van der Waals surface area contributed by atoms with Crippen LogP contribution in [0.25, 0.3) is 0 Å². The van der Waals surface area contributed by atoms with Crippen molar-refractivity contribution < 1.29 is 4.74 Å². The van der Waals surface area contributed by atoms with Gasteiger partial charge in [-0.15, -0.1) is 0 Å². The zero-order chi connectivity index (χ0) is 21.6. The molecule has 1 atom stereocenters. The molecule has 3 aromatic carbocycles.